The number of hydrogen-bond donors (Lipinski definition) is 7. The van der Waals surface area contributed by atoms with E-state index in [4.69, 9.17) is 62.4 Å². The lowest BCUT2D eigenvalue weighted by molar-refractivity contribution is -0.141. The van der Waals surface area contributed by atoms with Gasteiger partial charge in [0.25, 0.3) is 0 Å². The highest BCUT2D eigenvalue weighted by atomic mass is 32.2. The van der Waals surface area contributed by atoms with E-state index in [0.29, 0.717) is 145 Å². The molecule has 107 heavy (non-hydrogen) atoms. The summed E-state index contributed by atoms with van der Waals surface area (Å²) in [7, 11) is -5.66. The summed E-state index contributed by atoms with van der Waals surface area (Å²) in [5.74, 6) is -14.4. The molecule has 0 radical (unpaired) electrons. The fourth-order valence-electron chi connectivity index (χ4n) is 10.1. The van der Waals surface area contributed by atoms with Gasteiger partial charge in [-0.2, -0.15) is 17.2 Å². The maximum Gasteiger partial charge on any atom is 0.407 e. The van der Waals surface area contributed by atoms with Crippen molar-refractivity contribution in [1.82, 2.24) is 36.1 Å². The van der Waals surface area contributed by atoms with Gasteiger partial charge in [0.2, 0.25) is 46.9 Å². The number of aromatic nitrogens is 2. The number of anilines is 1. The van der Waals surface area contributed by atoms with Crippen LogP contribution in [0.15, 0.2) is 70.3 Å². The van der Waals surface area contributed by atoms with Crippen LogP contribution in [-0.4, -0.2) is 239 Å². The van der Waals surface area contributed by atoms with Crippen LogP contribution < -0.4 is 37.1 Å². The number of nitrogens with zero attached hydrogens (tertiary/aromatic N) is 4. The molecule has 590 valence electrons. The van der Waals surface area contributed by atoms with Gasteiger partial charge in [-0.1, -0.05) is 45.0 Å². The smallest absolute Gasteiger partial charge is 0.407 e. The maximum absolute atomic E-state index is 14.0. The SMILES string of the molecule is CCCNC(=O)C1=Cc2ccc(-c3cnc(CNC(=O)OCc4ccc(NC(=O)[C@@H](NC(=O)[C@@H]5CCCN5C(=O)[C@H](C)NC(=O)CCOCCOCCOCCOCCOCCOCCOCCOCCOCCOCCC(=O)Oc5c(F)c(F)c(S(=O)(=O)O)c(F)c5F)C(C)C)cc4)nc3)cc2N=C(N)C1. The highest BCUT2D eigenvalue weighted by Crippen LogP contribution is 2.34. The van der Waals surface area contributed by atoms with Gasteiger partial charge in [0.1, 0.15) is 36.4 Å². The van der Waals surface area contributed by atoms with E-state index in [-0.39, 0.29) is 90.7 Å². The van der Waals surface area contributed by atoms with Gasteiger partial charge >= 0.3 is 22.2 Å². The summed E-state index contributed by atoms with van der Waals surface area (Å²) < 4.78 is 151. The molecule has 3 atom stereocenters. The second kappa shape index (κ2) is 47.2. The summed E-state index contributed by atoms with van der Waals surface area (Å²) in [4.78, 5) is 103. The van der Waals surface area contributed by atoms with Gasteiger partial charge in [-0.25, -0.2) is 28.5 Å². The van der Waals surface area contributed by atoms with Crippen LogP contribution >= 0.6 is 0 Å². The minimum atomic E-state index is -5.66. The lowest BCUT2D eigenvalue weighted by Gasteiger charge is -2.29. The van der Waals surface area contributed by atoms with Gasteiger partial charge < -0.3 is 94.1 Å². The minimum Gasteiger partial charge on any atom is -0.445 e. The first-order chi connectivity index (χ1) is 51.4. The molecule has 8 N–H and O–H groups in total. The molecule has 0 aliphatic carbocycles. The number of likely N-dealkylation sites (tertiary alicyclic amines) is 1. The van der Waals surface area contributed by atoms with Crippen molar-refractivity contribution in [3.05, 3.63) is 101 Å². The maximum atomic E-state index is 14.0. The van der Waals surface area contributed by atoms with Crippen LogP contribution in [0.25, 0.3) is 17.2 Å². The molecule has 4 aromatic rings. The number of rotatable bonds is 50. The van der Waals surface area contributed by atoms with Crippen molar-refractivity contribution in [2.75, 3.05) is 151 Å². The van der Waals surface area contributed by atoms with Crippen molar-refractivity contribution < 1.29 is 121 Å². The number of hydrogen-bond acceptors (Lipinski definition) is 25. The van der Waals surface area contributed by atoms with E-state index in [2.05, 4.69) is 46.3 Å². The Labute approximate surface area is 616 Å². The number of fused-ring (bicyclic) bond motifs is 1. The molecule has 37 heteroatoms. The number of amidine groups is 1. The molecular weight excluding hydrogens is 1440 g/mol. The number of ether oxygens (including phenoxy) is 12. The van der Waals surface area contributed by atoms with Crippen LogP contribution in [0.4, 0.5) is 33.7 Å². The van der Waals surface area contributed by atoms with Crippen molar-refractivity contribution in [1.29, 1.82) is 0 Å². The third-order valence-corrected chi connectivity index (χ3v) is 16.5. The van der Waals surface area contributed by atoms with Gasteiger partial charge in [-0.15, -0.1) is 0 Å². The molecule has 1 saturated heterocycles. The Bertz CT molecular complexity index is 3690. The van der Waals surface area contributed by atoms with E-state index in [0.717, 1.165) is 17.5 Å². The van der Waals surface area contributed by atoms with Crippen LogP contribution in [0.1, 0.15) is 83.2 Å². The Balaban J connectivity index is 0.698. The fraction of sp³-hybridized carbons (Fsp3) is 0.543. The average Bonchev–Trinajstić information content (AvgIpc) is 1.36. The zero-order chi connectivity index (χ0) is 77.5. The lowest BCUT2D eigenvalue weighted by atomic mass is 10.0. The minimum absolute atomic E-state index is 0.00245. The number of esters is 1. The average molecular weight is 1540 g/mol. The quantitative estimate of drug-likeness (QED) is 0.00779. The number of carbonyl (C=O) groups is 7. The zero-order valence-electron chi connectivity index (χ0n) is 60.1. The molecule has 2 aliphatic heterocycles. The van der Waals surface area contributed by atoms with Crippen molar-refractivity contribution >= 4 is 75.0 Å². The molecule has 0 bridgehead atoms. The van der Waals surface area contributed by atoms with Gasteiger partial charge in [0.05, 0.1) is 151 Å². The Morgan fingerprint density at radius 1 is 0.654 bits per heavy atom. The summed E-state index contributed by atoms with van der Waals surface area (Å²) in [5.41, 5.74) is 10.6. The van der Waals surface area contributed by atoms with Crippen LogP contribution in [0.5, 0.6) is 5.75 Å². The van der Waals surface area contributed by atoms with E-state index in [9.17, 15) is 59.5 Å². The summed E-state index contributed by atoms with van der Waals surface area (Å²) in [6.07, 6.45) is 5.70. The first kappa shape index (κ1) is 87.2. The normalized spacial score (nSPS) is 14.1. The van der Waals surface area contributed by atoms with Crippen LogP contribution in [0, 0.1) is 29.2 Å². The van der Waals surface area contributed by atoms with Gasteiger partial charge in [0, 0.05) is 60.7 Å². The second-order valence-electron chi connectivity index (χ2n) is 24.2. The summed E-state index contributed by atoms with van der Waals surface area (Å²) in [5, 5.41) is 13.9. The number of aliphatic imine (C=N–C) groups is 1. The van der Waals surface area contributed by atoms with Crippen molar-refractivity contribution in [3.8, 4) is 16.9 Å². The molecule has 3 aromatic carbocycles. The third-order valence-electron chi connectivity index (χ3n) is 15.6. The van der Waals surface area contributed by atoms with Crippen molar-refractivity contribution in [3.63, 3.8) is 0 Å². The first-order valence-electron chi connectivity index (χ1n) is 34.7. The summed E-state index contributed by atoms with van der Waals surface area (Å²) in [6.45, 7) is 12.8. The van der Waals surface area contributed by atoms with E-state index < -0.39 is 104 Å². The second-order valence-corrected chi connectivity index (χ2v) is 25.5. The predicted octanol–water partition coefficient (Wildman–Crippen LogP) is 4.80. The number of nitrogens with one attached hydrogen (secondary N) is 5. The largest absolute Gasteiger partial charge is 0.445 e. The van der Waals surface area contributed by atoms with E-state index >= 15 is 0 Å². The molecule has 6 rings (SSSR count). The third kappa shape index (κ3) is 30.8. The molecule has 0 unspecified atom stereocenters. The molecule has 1 aromatic heterocycles. The van der Waals surface area contributed by atoms with Crippen LogP contribution in [0.2, 0.25) is 0 Å². The molecule has 2 aliphatic rings. The Morgan fingerprint density at radius 2 is 1.17 bits per heavy atom. The van der Waals surface area contributed by atoms with E-state index in [1.807, 2.05) is 25.1 Å². The zero-order valence-corrected chi connectivity index (χ0v) is 60.9. The van der Waals surface area contributed by atoms with Gasteiger partial charge in [-0.05, 0) is 67.5 Å². The monoisotopic (exact) mass is 1530 g/mol. The number of amides is 6. The number of halogens is 4. The molecular formula is C70H94F4N10O22S. The highest BCUT2D eigenvalue weighted by molar-refractivity contribution is 7.85. The molecule has 3 heterocycles. The fourth-order valence-corrected chi connectivity index (χ4v) is 10.7. The molecule has 1 fully saturated rings. The summed E-state index contributed by atoms with van der Waals surface area (Å²) >= 11 is 0. The molecule has 6 amide bonds. The number of carbonyl (C=O) groups excluding carboxylic acids is 7. The van der Waals surface area contributed by atoms with Crippen LogP contribution in [0.3, 0.4) is 0 Å². The summed E-state index contributed by atoms with van der Waals surface area (Å²) in [6, 6.07) is 9.50. The number of nitrogens with two attached hydrogens (primary N) is 1. The predicted molar refractivity (Wildman–Crippen MR) is 375 cm³/mol. The topological polar surface area (TPSA) is 412 Å². The highest BCUT2D eigenvalue weighted by Gasteiger charge is 2.39. The van der Waals surface area contributed by atoms with Crippen LogP contribution in [-0.2, 0) is 104 Å². The Morgan fingerprint density at radius 3 is 1.67 bits per heavy atom. The number of benzene rings is 3. The lowest BCUT2D eigenvalue weighted by Crippen LogP contribution is -2.56. The molecule has 0 saturated carbocycles. The van der Waals surface area contributed by atoms with Gasteiger partial charge in [0.15, 0.2) is 16.5 Å². The van der Waals surface area contributed by atoms with Gasteiger partial charge in [-0.3, -0.25) is 33.3 Å². The number of alkyl carbamates (subject to hydrolysis) is 1. The van der Waals surface area contributed by atoms with E-state index in [1.165, 1.54) is 4.90 Å². The Kier molecular flexibility index (Phi) is 38.4. The first-order valence-corrected chi connectivity index (χ1v) is 36.2. The van der Waals surface area contributed by atoms with E-state index in [1.54, 1.807) is 63.5 Å². The van der Waals surface area contributed by atoms with Crippen molar-refractivity contribution in [2.45, 2.75) is 102 Å². The standard InChI is InChI=1S/C70H94F4N10O22S/c1-5-16-76-66(87)50-38-49-11-10-48(39-53(49)82-55(75)40-50)51-41-77-56(78-42-51)43-79-70(91)105-44-47-8-12-52(13-9-47)81-68(89)63(45(2)3)83-67(88)54-7-6-17-84(54)69(90)46(4)80-57(85)14-18-95-20-22-97-24-26-99-28-30-101-32-34-103-36-37-104-35-33-102-31-29-100-27-25-98-23-21-96-19-15-58(86)106-64-59(71)61(73)65(107(92,93)94)62(74)60(64)72/h8-13,38-39,41-42,45-46,54,63H,5-7,14-37,40,43-44H2,1-4H3,(H2,75,82)(H,76,87)(H,79,91)(H,80,85)(H,81,89)(H,83,88)(H,92,93,94)/t46-,54-,63-/m0/s1. The molecule has 32 nitrogen and oxygen atoms in total. The Hall–Kier alpha value is -8.73. The van der Waals surface area contributed by atoms with Crippen molar-refractivity contribution in [2.24, 2.45) is 16.6 Å². The molecule has 0 spiro atoms.